The Labute approximate surface area is 194 Å². The molecule has 0 spiro atoms. The quantitative estimate of drug-likeness (QED) is 0.283. The molecule has 1 aliphatic rings. The summed E-state index contributed by atoms with van der Waals surface area (Å²) in [5, 5.41) is 2.49. The van der Waals surface area contributed by atoms with Gasteiger partial charge in [-0.15, -0.1) is 17.9 Å². The maximum atomic E-state index is 12.6. The molecule has 0 saturated heterocycles. The number of imide groups is 1. The van der Waals surface area contributed by atoms with Crippen LogP contribution in [-0.4, -0.2) is 48.4 Å². The molecular formula is C24H20N2O6S. The third kappa shape index (κ3) is 4.10. The number of methoxy groups -OCH3 is 2. The van der Waals surface area contributed by atoms with Gasteiger partial charge in [-0.05, 0) is 30.3 Å². The fourth-order valence-corrected chi connectivity index (χ4v) is 4.31. The van der Waals surface area contributed by atoms with E-state index in [9.17, 15) is 14.4 Å². The Morgan fingerprint density at radius 2 is 1.88 bits per heavy atom. The van der Waals surface area contributed by atoms with Crippen molar-refractivity contribution < 1.29 is 28.6 Å². The number of aromatic nitrogens is 1. The molecule has 2 aromatic carbocycles. The smallest absolute Gasteiger partial charge is 0.338 e. The van der Waals surface area contributed by atoms with Crippen LogP contribution < -0.4 is 9.47 Å². The van der Waals surface area contributed by atoms with Crippen LogP contribution in [-0.2, 0) is 11.3 Å². The van der Waals surface area contributed by atoms with Crippen molar-refractivity contribution in [2.75, 3.05) is 20.8 Å². The van der Waals surface area contributed by atoms with Crippen molar-refractivity contribution in [2.45, 2.75) is 6.61 Å². The number of hydrogen-bond acceptors (Lipinski definition) is 8. The van der Waals surface area contributed by atoms with Crippen LogP contribution in [0.2, 0.25) is 0 Å². The first kappa shape index (κ1) is 22.2. The summed E-state index contributed by atoms with van der Waals surface area (Å²) >= 11 is 1.39. The standard InChI is InChI=1S/C24H20N2O6S/c1-4-10-26-22(27)16-9-8-14(11-18(16)23(26)28)24(29)32-12-15-13-33-21(25-15)17-6-5-7-19(30-2)20(17)31-3/h4-9,11,13H,1,10,12H2,2-3H3. The van der Waals surface area contributed by atoms with E-state index < -0.39 is 17.8 Å². The zero-order chi connectivity index (χ0) is 23.5. The minimum absolute atomic E-state index is 0.0475. The monoisotopic (exact) mass is 464 g/mol. The van der Waals surface area contributed by atoms with Crippen LogP contribution in [0.3, 0.4) is 0 Å². The van der Waals surface area contributed by atoms with Gasteiger partial charge in [0.15, 0.2) is 11.5 Å². The van der Waals surface area contributed by atoms with Gasteiger partial charge in [0.1, 0.15) is 11.6 Å². The summed E-state index contributed by atoms with van der Waals surface area (Å²) in [5.41, 5.74) is 1.95. The highest BCUT2D eigenvalue weighted by Crippen LogP contribution is 2.39. The van der Waals surface area contributed by atoms with Crippen LogP contribution in [0.15, 0.2) is 54.4 Å². The lowest BCUT2D eigenvalue weighted by Gasteiger charge is -2.10. The first-order chi connectivity index (χ1) is 16.0. The molecular weight excluding hydrogens is 444 g/mol. The van der Waals surface area contributed by atoms with Gasteiger partial charge in [-0.2, -0.15) is 0 Å². The van der Waals surface area contributed by atoms with Gasteiger partial charge in [-0.3, -0.25) is 14.5 Å². The molecule has 4 rings (SSSR count). The number of benzene rings is 2. The molecule has 33 heavy (non-hydrogen) atoms. The van der Waals surface area contributed by atoms with Crippen LogP contribution in [0.1, 0.15) is 36.8 Å². The highest BCUT2D eigenvalue weighted by Gasteiger charge is 2.35. The van der Waals surface area contributed by atoms with E-state index in [1.165, 1.54) is 35.6 Å². The second-order valence-electron chi connectivity index (χ2n) is 7.03. The lowest BCUT2D eigenvalue weighted by atomic mass is 10.1. The summed E-state index contributed by atoms with van der Waals surface area (Å²) < 4.78 is 16.2. The van der Waals surface area contributed by atoms with E-state index in [2.05, 4.69) is 11.6 Å². The van der Waals surface area contributed by atoms with E-state index in [1.807, 2.05) is 12.1 Å². The zero-order valence-electron chi connectivity index (χ0n) is 18.0. The Morgan fingerprint density at radius 3 is 2.61 bits per heavy atom. The minimum Gasteiger partial charge on any atom is -0.493 e. The molecule has 2 amide bonds. The fraction of sp³-hybridized carbons (Fsp3) is 0.167. The molecule has 0 saturated carbocycles. The Balaban J connectivity index is 1.47. The number of esters is 1. The molecule has 0 N–H and O–H groups in total. The van der Waals surface area contributed by atoms with Crippen molar-refractivity contribution in [2.24, 2.45) is 0 Å². The number of para-hydroxylation sites is 1. The van der Waals surface area contributed by atoms with E-state index in [4.69, 9.17) is 14.2 Å². The number of carbonyl (C=O) groups is 3. The lowest BCUT2D eigenvalue weighted by Crippen LogP contribution is -2.29. The van der Waals surface area contributed by atoms with Crippen molar-refractivity contribution in [3.05, 3.63) is 76.8 Å². The Morgan fingerprint density at radius 1 is 1.09 bits per heavy atom. The van der Waals surface area contributed by atoms with E-state index >= 15 is 0 Å². The van der Waals surface area contributed by atoms with Crippen molar-refractivity contribution in [3.8, 4) is 22.1 Å². The predicted molar refractivity (Wildman–Crippen MR) is 122 cm³/mol. The number of rotatable bonds is 8. The molecule has 0 aliphatic carbocycles. The average molecular weight is 464 g/mol. The molecule has 2 heterocycles. The number of ether oxygens (including phenoxy) is 3. The van der Waals surface area contributed by atoms with Crippen molar-refractivity contribution >= 4 is 29.1 Å². The summed E-state index contributed by atoms with van der Waals surface area (Å²) in [6.45, 7) is 3.62. The van der Waals surface area contributed by atoms with Gasteiger partial charge in [0.05, 0.1) is 42.2 Å². The first-order valence-corrected chi connectivity index (χ1v) is 10.8. The van der Waals surface area contributed by atoms with Gasteiger partial charge in [0.25, 0.3) is 11.8 Å². The Bertz CT molecular complexity index is 1270. The topological polar surface area (TPSA) is 95.0 Å². The molecule has 0 radical (unpaired) electrons. The second kappa shape index (κ2) is 9.25. The average Bonchev–Trinajstić information content (AvgIpc) is 3.41. The van der Waals surface area contributed by atoms with E-state index in [1.54, 1.807) is 25.7 Å². The van der Waals surface area contributed by atoms with Crippen molar-refractivity contribution in [3.63, 3.8) is 0 Å². The van der Waals surface area contributed by atoms with E-state index in [0.29, 0.717) is 22.2 Å². The molecule has 168 valence electrons. The summed E-state index contributed by atoms with van der Waals surface area (Å²) in [6.07, 6.45) is 1.47. The van der Waals surface area contributed by atoms with Gasteiger partial charge in [0.2, 0.25) is 0 Å². The predicted octanol–water partition coefficient (Wildman–Crippen LogP) is 3.97. The second-order valence-corrected chi connectivity index (χ2v) is 7.89. The van der Waals surface area contributed by atoms with Crippen molar-refractivity contribution in [1.29, 1.82) is 0 Å². The Hall–Kier alpha value is -3.98. The van der Waals surface area contributed by atoms with E-state index in [0.717, 1.165) is 10.5 Å². The third-order valence-electron chi connectivity index (χ3n) is 5.05. The normalized spacial score (nSPS) is 12.5. The highest BCUT2D eigenvalue weighted by molar-refractivity contribution is 7.13. The zero-order valence-corrected chi connectivity index (χ0v) is 18.8. The van der Waals surface area contributed by atoms with Crippen LogP contribution in [0.25, 0.3) is 10.6 Å². The third-order valence-corrected chi connectivity index (χ3v) is 5.98. The van der Waals surface area contributed by atoms with Crippen LogP contribution >= 0.6 is 11.3 Å². The number of thiazole rings is 1. The molecule has 1 aliphatic heterocycles. The van der Waals surface area contributed by atoms with E-state index in [-0.39, 0.29) is 29.8 Å². The fourth-order valence-electron chi connectivity index (χ4n) is 3.49. The number of amides is 2. The number of hydrogen-bond donors (Lipinski definition) is 0. The summed E-state index contributed by atoms with van der Waals surface area (Å²) in [6, 6.07) is 9.82. The SMILES string of the molecule is C=CCN1C(=O)c2ccc(C(=O)OCc3csc(-c4cccc(OC)c4OC)n3)cc2C1=O. The maximum absolute atomic E-state index is 12.6. The summed E-state index contributed by atoms with van der Waals surface area (Å²) in [7, 11) is 3.12. The molecule has 9 heteroatoms. The van der Waals surface area contributed by atoms with Crippen LogP contribution in [0.5, 0.6) is 11.5 Å². The Kier molecular flexibility index (Phi) is 6.23. The molecule has 1 aromatic heterocycles. The van der Waals surface area contributed by atoms with Crippen LogP contribution in [0, 0.1) is 0 Å². The van der Waals surface area contributed by atoms with Gasteiger partial charge in [0, 0.05) is 11.9 Å². The van der Waals surface area contributed by atoms with Gasteiger partial charge >= 0.3 is 5.97 Å². The maximum Gasteiger partial charge on any atom is 0.338 e. The molecule has 0 unspecified atom stereocenters. The number of carbonyl (C=O) groups excluding carboxylic acids is 3. The molecule has 0 atom stereocenters. The number of fused-ring (bicyclic) bond motifs is 1. The van der Waals surface area contributed by atoms with Crippen LogP contribution in [0.4, 0.5) is 0 Å². The number of nitrogens with zero attached hydrogens (tertiary/aromatic N) is 2. The molecule has 0 fully saturated rings. The molecule has 8 nitrogen and oxygen atoms in total. The summed E-state index contributed by atoms with van der Waals surface area (Å²) in [5.74, 6) is -0.317. The van der Waals surface area contributed by atoms with Gasteiger partial charge < -0.3 is 14.2 Å². The molecule has 0 bridgehead atoms. The highest BCUT2D eigenvalue weighted by atomic mass is 32.1. The van der Waals surface area contributed by atoms with Gasteiger partial charge in [-0.1, -0.05) is 12.1 Å². The summed E-state index contributed by atoms with van der Waals surface area (Å²) in [4.78, 5) is 43.0. The lowest BCUT2D eigenvalue weighted by molar-refractivity contribution is 0.0468. The largest absolute Gasteiger partial charge is 0.493 e. The molecule has 3 aromatic rings. The van der Waals surface area contributed by atoms with Crippen molar-refractivity contribution in [1.82, 2.24) is 9.88 Å². The van der Waals surface area contributed by atoms with Gasteiger partial charge in [-0.25, -0.2) is 9.78 Å². The minimum atomic E-state index is -0.617. The first-order valence-electron chi connectivity index (χ1n) is 9.92.